The summed E-state index contributed by atoms with van der Waals surface area (Å²) in [4.78, 5) is 9.74. The topological polar surface area (TPSA) is 29.5 Å². The maximum absolute atomic E-state index is 9.74. The Hall–Kier alpha value is 0.0800. The first-order valence-corrected chi connectivity index (χ1v) is 6.85. The summed E-state index contributed by atoms with van der Waals surface area (Å²) >= 11 is 10.6. The molecule has 2 nitrogen and oxygen atoms in total. The van der Waals surface area contributed by atoms with Crippen LogP contribution < -0.4 is 5.30 Å². The van der Waals surface area contributed by atoms with E-state index in [1.165, 1.54) is 0 Å². The molecule has 0 saturated carbocycles. The lowest BCUT2D eigenvalue weighted by Crippen LogP contribution is -2.05. The second-order valence-corrected chi connectivity index (χ2v) is 6.15. The van der Waals surface area contributed by atoms with E-state index in [-0.39, 0.29) is 0 Å². The number of benzene rings is 1. The zero-order valence-corrected chi connectivity index (χ0v) is 9.57. The van der Waals surface area contributed by atoms with Crippen LogP contribution in [0.2, 0.25) is 5.02 Å². The van der Waals surface area contributed by atoms with Crippen molar-refractivity contribution in [3.05, 3.63) is 29.3 Å². The van der Waals surface area contributed by atoms with E-state index in [4.69, 9.17) is 27.9 Å². The smallest absolute Gasteiger partial charge is 0.216 e. The predicted octanol–water partition coefficient (Wildman–Crippen LogP) is 2.30. The fourth-order valence-electron chi connectivity index (χ4n) is 0.879. The molecule has 0 radical (unpaired) electrons. The molecule has 72 valence electrons. The van der Waals surface area contributed by atoms with Crippen LogP contribution in [0.15, 0.2) is 24.3 Å². The minimum Gasteiger partial charge on any atom is -0.342 e. The van der Waals surface area contributed by atoms with Crippen LogP contribution in [0.25, 0.3) is 0 Å². The largest absolute Gasteiger partial charge is 0.342 e. The van der Waals surface area contributed by atoms with Gasteiger partial charge in [-0.25, -0.2) is 0 Å². The van der Waals surface area contributed by atoms with Gasteiger partial charge >= 0.3 is 0 Å². The summed E-state index contributed by atoms with van der Waals surface area (Å²) in [5.74, 6) is 0. The van der Waals surface area contributed by atoms with E-state index in [1.54, 1.807) is 31.2 Å². The Kier molecular flexibility index (Phi) is 3.89. The van der Waals surface area contributed by atoms with Crippen LogP contribution in [-0.2, 0) is 16.3 Å². The number of hydrogen-bond acceptors (Lipinski definition) is 2. The quantitative estimate of drug-likeness (QED) is 0.817. The molecule has 0 aliphatic carbocycles. The van der Waals surface area contributed by atoms with Gasteiger partial charge < -0.3 is 9.42 Å². The third kappa shape index (κ3) is 3.04. The predicted molar refractivity (Wildman–Crippen MR) is 59.2 cm³/mol. The number of rotatable bonds is 3. The molecule has 0 heterocycles. The molecule has 0 fully saturated rings. The van der Waals surface area contributed by atoms with Gasteiger partial charge in [-0.3, -0.25) is 0 Å². The van der Waals surface area contributed by atoms with Crippen LogP contribution in [0.3, 0.4) is 0 Å². The maximum Gasteiger partial charge on any atom is 0.216 e. The lowest BCUT2D eigenvalue weighted by atomic mass is 10.4. The van der Waals surface area contributed by atoms with Crippen molar-refractivity contribution in [1.29, 1.82) is 0 Å². The Morgan fingerprint density at radius 3 is 2.46 bits per heavy atom. The van der Waals surface area contributed by atoms with E-state index < -0.39 is 6.49 Å². The van der Waals surface area contributed by atoms with Gasteiger partial charge in [-0.05, 0) is 43.0 Å². The van der Waals surface area contributed by atoms with E-state index >= 15 is 0 Å². The molecule has 1 aromatic rings. The Labute approximate surface area is 87.7 Å². The minimum atomic E-state index is -2.79. The standard InChI is InChI=1S/C8H10ClO2PS/c1-2-11-12(10,13)8-5-3-7(9)4-6-8/h3-6H,2H2,1H3,(H,10,13). The van der Waals surface area contributed by atoms with Crippen LogP contribution in [0, 0.1) is 0 Å². The molecule has 0 aliphatic rings. The molecular weight excluding hydrogens is 227 g/mol. The number of hydrogen-bond donors (Lipinski definition) is 1. The summed E-state index contributed by atoms with van der Waals surface area (Å²) in [6, 6.07) is 6.76. The third-order valence-corrected chi connectivity index (χ3v) is 4.22. The van der Waals surface area contributed by atoms with Crippen LogP contribution >= 0.6 is 18.1 Å². The highest BCUT2D eigenvalue weighted by Gasteiger charge is 2.15. The molecule has 1 N–H and O–H groups in total. The summed E-state index contributed by atoms with van der Waals surface area (Å²) in [6.07, 6.45) is 0. The summed E-state index contributed by atoms with van der Waals surface area (Å²) in [7, 11) is 0. The van der Waals surface area contributed by atoms with E-state index in [1.807, 2.05) is 0 Å². The van der Waals surface area contributed by atoms with E-state index in [9.17, 15) is 4.89 Å². The summed E-state index contributed by atoms with van der Waals surface area (Å²) in [5.41, 5.74) is 0. The van der Waals surface area contributed by atoms with Gasteiger partial charge in [-0.2, -0.15) is 0 Å². The minimum absolute atomic E-state index is 0.413. The Balaban J connectivity index is 2.94. The molecule has 0 aliphatic heterocycles. The first kappa shape index (κ1) is 11.2. The van der Waals surface area contributed by atoms with Gasteiger partial charge in [0.2, 0.25) is 6.49 Å². The van der Waals surface area contributed by atoms with Crippen LogP contribution in [-0.4, -0.2) is 11.5 Å². The van der Waals surface area contributed by atoms with Crippen LogP contribution in [0.4, 0.5) is 0 Å². The zero-order chi connectivity index (χ0) is 9.90. The molecule has 1 atom stereocenters. The summed E-state index contributed by atoms with van der Waals surface area (Å²) in [6.45, 7) is -0.578. The zero-order valence-electron chi connectivity index (χ0n) is 7.11. The van der Waals surface area contributed by atoms with Crippen molar-refractivity contribution in [3.63, 3.8) is 0 Å². The van der Waals surface area contributed by atoms with Crippen molar-refractivity contribution in [3.8, 4) is 0 Å². The first-order valence-electron chi connectivity index (χ1n) is 3.79. The van der Waals surface area contributed by atoms with Gasteiger partial charge in [0.1, 0.15) is 0 Å². The average molecular weight is 237 g/mol. The highest BCUT2D eigenvalue weighted by Crippen LogP contribution is 2.40. The molecule has 5 heteroatoms. The SMILES string of the molecule is CCOP(O)(=S)c1ccc(Cl)cc1. The van der Waals surface area contributed by atoms with E-state index in [2.05, 4.69) is 0 Å². The van der Waals surface area contributed by atoms with Gasteiger partial charge in [-0.15, -0.1) is 0 Å². The fourth-order valence-corrected chi connectivity index (χ4v) is 2.71. The van der Waals surface area contributed by atoms with Gasteiger partial charge in [0.15, 0.2) is 0 Å². The molecule has 0 saturated heterocycles. The van der Waals surface area contributed by atoms with Crippen molar-refractivity contribution < 1.29 is 9.42 Å². The normalized spacial score (nSPS) is 15.3. The Bertz CT molecular complexity index is 325. The Morgan fingerprint density at radius 2 is 2.00 bits per heavy atom. The molecular formula is C8H10ClO2PS. The fraction of sp³-hybridized carbons (Fsp3) is 0.250. The molecule has 13 heavy (non-hydrogen) atoms. The van der Waals surface area contributed by atoms with Gasteiger partial charge in [0.05, 0.1) is 6.61 Å². The molecule has 1 rings (SSSR count). The van der Waals surface area contributed by atoms with Crippen molar-refractivity contribution in [2.75, 3.05) is 6.61 Å². The molecule has 0 aromatic heterocycles. The molecule has 0 spiro atoms. The average Bonchev–Trinajstić information content (AvgIpc) is 2.05. The van der Waals surface area contributed by atoms with Gasteiger partial charge in [0.25, 0.3) is 0 Å². The second kappa shape index (κ2) is 4.54. The Morgan fingerprint density at radius 1 is 1.46 bits per heavy atom. The molecule has 0 amide bonds. The summed E-state index contributed by atoms with van der Waals surface area (Å²) in [5, 5.41) is 1.25. The molecule has 0 bridgehead atoms. The summed E-state index contributed by atoms with van der Waals surface area (Å²) < 4.78 is 5.09. The van der Waals surface area contributed by atoms with Crippen molar-refractivity contribution in [2.24, 2.45) is 0 Å². The monoisotopic (exact) mass is 236 g/mol. The van der Waals surface area contributed by atoms with Gasteiger partial charge in [0, 0.05) is 10.3 Å². The van der Waals surface area contributed by atoms with E-state index in [0.29, 0.717) is 16.9 Å². The van der Waals surface area contributed by atoms with Crippen LogP contribution in [0.1, 0.15) is 6.92 Å². The van der Waals surface area contributed by atoms with Crippen molar-refractivity contribution >= 4 is 35.2 Å². The first-order chi connectivity index (χ1) is 6.06. The van der Waals surface area contributed by atoms with Crippen molar-refractivity contribution in [2.45, 2.75) is 6.92 Å². The molecule has 1 aromatic carbocycles. The highest BCUT2D eigenvalue weighted by atomic mass is 35.5. The second-order valence-electron chi connectivity index (χ2n) is 2.41. The highest BCUT2D eigenvalue weighted by molar-refractivity contribution is 8.13. The van der Waals surface area contributed by atoms with Gasteiger partial charge in [-0.1, -0.05) is 11.6 Å². The van der Waals surface area contributed by atoms with E-state index in [0.717, 1.165) is 0 Å². The number of halogens is 1. The molecule has 1 unspecified atom stereocenters. The lowest BCUT2D eigenvalue weighted by Gasteiger charge is -2.14. The maximum atomic E-state index is 9.74. The lowest BCUT2D eigenvalue weighted by molar-refractivity contribution is 0.335. The van der Waals surface area contributed by atoms with Crippen molar-refractivity contribution in [1.82, 2.24) is 0 Å². The van der Waals surface area contributed by atoms with Crippen LogP contribution in [0.5, 0.6) is 0 Å². The third-order valence-electron chi connectivity index (χ3n) is 1.46.